The number of halogens is 3. The molecule has 0 saturated carbocycles. The van der Waals surface area contributed by atoms with Gasteiger partial charge >= 0.3 is 12.1 Å². The van der Waals surface area contributed by atoms with Crippen molar-refractivity contribution in [2.75, 3.05) is 31.1 Å². The number of H-pyrrole nitrogens is 1. The van der Waals surface area contributed by atoms with Crippen LogP contribution in [-0.2, 0) is 4.79 Å². The minimum atomic E-state index is -4.84. The van der Waals surface area contributed by atoms with Gasteiger partial charge in [-0.3, -0.25) is 9.59 Å². The van der Waals surface area contributed by atoms with Gasteiger partial charge in [-0.15, -0.1) is 0 Å². The van der Waals surface area contributed by atoms with Crippen molar-refractivity contribution >= 4 is 28.8 Å². The molecular weight excluding hydrogens is 311 g/mol. The number of aromatic nitrogens is 1. The Labute approximate surface area is 129 Å². The molecule has 1 aliphatic heterocycles. The summed E-state index contributed by atoms with van der Waals surface area (Å²) < 4.78 is 37.4. The third kappa shape index (κ3) is 2.76. The maximum atomic E-state index is 12.5. The highest BCUT2D eigenvalue weighted by atomic mass is 19.4. The minimum absolute atomic E-state index is 0.00439. The average Bonchev–Trinajstić information content (AvgIpc) is 2.96. The first-order valence-corrected chi connectivity index (χ1v) is 7.08. The van der Waals surface area contributed by atoms with Crippen LogP contribution in [0.2, 0.25) is 0 Å². The number of hydrogen-bond donors (Lipinski definition) is 1. The summed E-state index contributed by atoms with van der Waals surface area (Å²) in [5.41, 5.74) is 2.08. The summed E-state index contributed by atoms with van der Waals surface area (Å²) in [5, 5.41) is 0.748. The van der Waals surface area contributed by atoms with E-state index in [4.69, 9.17) is 0 Å². The molecule has 23 heavy (non-hydrogen) atoms. The highest BCUT2D eigenvalue weighted by Crippen LogP contribution is 2.30. The van der Waals surface area contributed by atoms with Crippen LogP contribution in [0.15, 0.2) is 24.4 Å². The molecule has 3 rings (SSSR count). The van der Waals surface area contributed by atoms with Gasteiger partial charge in [-0.2, -0.15) is 13.2 Å². The Kier molecular flexibility index (Phi) is 3.75. The van der Waals surface area contributed by atoms with Crippen LogP contribution >= 0.6 is 0 Å². The number of carbonyl (C=O) groups is 2. The van der Waals surface area contributed by atoms with Crippen LogP contribution in [0.5, 0.6) is 0 Å². The van der Waals surface area contributed by atoms with Crippen molar-refractivity contribution in [3.8, 4) is 0 Å². The first-order valence-electron chi connectivity index (χ1n) is 7.08. The number of nitrogens with one attached hydrogen (secondary N) is 1. The number of anilines is 1. The van der Waals surface area contributed by atoms with Crippen molar-refractivity contribution in [2.24, 2.45) is 0 Å². The number of hydrogen-bond acceptors (Lipinski definition) is 3. The van der Waals surface area contributed by atoms with Crippen LogP contribution in [0.4, 0.5) is 18.9 Å². The monoisotopic (exact) mass is 325 g/mol. The van der Waals surface area contributed by atoms with E-state index in [2.05, 4.69) is 4.98 Å². The number of rotatable bonds is 2. The number of alkyl halides is 3. The Morgan fingerprint density at radius 3 is 2.48 bits per heavy atom. The first-order chi connectivity index (χ1) is 10.9. The van der Waals surface area contributed by atoms with Crippen molar-refractivity contribution in [3.63, 3.8) is 0 Å². The lowest BCUT2D eigenvalue weighted by Gasteiger charge is -2.36. The molecule has 2 aromatic rings. The highest BCUT2D eigenvalue weighted by Gasteiger charge is 2.43. The number of nitrogens with zero attached hydrogens (tertiary/aromatic N) is 2. The van der Waals surface area contributed by atoms with Gasteiger partial charge in [-0.05, 0) is 12.1 Å². The molecule has 5 nitrogen and oxygen atoms in total. The molecule has 1 saturated heterocycles. The molecule has 8 heteroatoms. The van der Waals surface area contributed by atoms with Crippen molar-refractivity contribution in [3.05, 3.63) is 30.0 Å². The molecule has 0 bridgehead atoms. The van der Waals surface area contributed by atoms with Crippen LogP contribution < -0.4 is 4.90 Å². The second kappa shape index (κ2) is 5.60. The van der Waals surface area contributed by atoms with Gasteiger partial charge in [0.2, 0.25) is 0 Å². The van der Waals surface area contributed by atoms with E-state index < -0.39 is 12.1 Å². The van der Waals surface area contributed by atoms with Crippen LogP contribution in [0.1, 0.15) is 10.4 Å². The fourth-order valence-corrected chi connectivity index (χ4v) is 2.88. The van der Waals surface area contributed by atoms with Gasteiger partial charge in [0.05, 0.1) is 0 Å². The summed E-state index contributed by atoms with van der Waals surface area (Å²) in [7, 11) is 0. The fourth-order valence-electron chi connectivity index (χ4n) is 2.88. The van der Waals surface area contributed by atoms with E-state index >= 15 is 0 Å². The molecule has 0 unspecified atom stereocenters. The molecule has 0 atom stereocenters. The van der Waals surface area contributed by atoms with Gasteiger partial charge in [-0.1, -0.05) is 6.07 Å². The largest absolute Gasteiger partial charge is 0.471 e. The third-order valence-electron chi connectivity index (χ3n) is 3.99. The van der Waals surface area contributed by atoms with Gasteiger partial charge in [0, 0.05) is 54.5 Å². The van der Waals surface area contributed by atoms with Crippen molar-refractivity contribution in [1.29, 1.82) is 0 Å². The summed E-state index contributed by atoms with van der Waals surface area (Å²) in [6, 6.07) is 5.47. The number of piperazine rings is 1. The smallest absolute Gasteiger partial charge is 0.367 e. The molecule has 2 heterocycles. The number of carbonyl (C=O) groups excluding carboxylic acids is 2. The lowest BCUT2D eigenvalue weighted by atomic mass is 10.1. The van der Waals surface area contributed by atoms with Gasteiger partial charge in [0.1, 0.15) is 0 Å². The molecule has 1 aromatic heterocycles. The van der Waals surface area contributed by atoms with Crippen molar-refractivity contribution in [1.82, 2.24) is 9.88 Å². The molecule has 1 fully saturated rings. The van der Waals surface area contributed by atoms with E-state index in [0.717, 1.165) is 27.8 Å². The normalized spacial score (nSPS) is 16.0. The molecule has 0 radical (unpaired) electrons. The lowest BCUT2D eigenvalue weighted by molar-refractivity contribution is -0.185. The molecule has 1 aliphatic rings. The topological polar surface area (TPSA) is 56.4 Å². The SMILES string of the molecule is O=Cc1c[nH]c2cccc(N3CCN(C(=O)C(F)(F)F)CC3)c12. The first kappa shape index (κ1) is 15.4. The van der Waals surface area contributed by atoms with Crippen molar-refractivity contribution < 1.29 is 22.8 Å². The standard InChI is InChI=1S/C15H14F3N3O2/c16-15(17,18)14(23)21-6-4-20(5-7-21)12-3-1-2-11-13(12)10(9-22)8-19-11/h1-3,8-9,19H,4-7H2. The highest BCUT2D eigenvalue weighted by molar-refractivity contribution is 6.04. The number of amides is 1. The summed E-state index contributed by atoms with van der Waals surface area (Å²) in [4.78, 5) is 28.1. The van der Waals surface area contributed by atoms with Gasteiger partial charge in [0.15, 0.2) is 6.29 Å². The minimum Gasteiger partial charge on any atom is -0.367 e. The van der Waals surface area contributed by atoms with E-state index in [0.29, 0.717) is 5.56 Å². The maximum Gasteiger partial charge on any atom is 0.471 e. The molecule has 1 N–H and O–H groups in total. The zero-order valence-corrected chi connectivity index (χ0v) is 12.1. The fraction of sp³-hybridized carbons (Fsp3) is 0.333. The van der Waals surface area contributed by atoms with E-state index in [1.165, 1.54) is 0 Å². The Balaban J connectivity index is 1.82. The molecular formula is C15H14F3N3O2. The van der Waals surface area contributed by atoms with Crippen LogP contribution in [-0.4, -0.2) is 54.4 Å². The quantitative estimate of drug-likeness (QED) is 0.861. The molecule has 0 aliphatic carbocycles. The molecule has 0 spiro atoms. The predicted molar refractivity (Wildman–Crippen MR) is 78.5 cm³/mol. The van der Waals surface area contributed by atoms with Crippen molar-refractivity contribution in [2.45, 2.75) is 6.18 Å². The van der Waals surface area contributed by atoms with E-state index in [1.807, 2.05) is 23.1 Å². The van der Waals surface area contributed by atoms with Crippen LogP contribution in [0.3, 0.4) is 0 Å². The molecule has 1 aromatic carbocycles. The second-order valence-corrected chi connectivity index (χ2v) is 5.34. The summed E-state index contributed by atoms with van der Waals surface area (Å²) in [6.07, 6.45) is -2.50. The average molecular weight is 325 g/mol. The van der Waals surface area contributed by atoms with Gasteiger partial charge < -0.3 is 14.8 Å². The Bertz CT molecular complexity index is 746. The van der Waals surface area contributed by atoms with E-state index in [-0.39, 0.29) is 26.2 Å². The number of fused-ring (bicyclic) bond motifs is 1. The van der Waals surface area contributed by atoms with Crippen LogP contribution in [0.25, 0.3) is 10.9 Å². The Morgan fingerprint density at radius 1 is 1.17 bits per heavy atom. The van der Waals surface area contributed by atoms with E-state index in [9.17, 15) is 22.8 Å². The lowest BCUT2D eigenvalue weighted by Crippen LogP contribution is -2.52. The van der Waals surface area contributed by atoms with Gasteiger partial charge in [-0.25, -0.2) is 0 Å². The summed E-state index contributed by atoms with van der Waals surface area (Å²) >= 11 is 0. The summed E-state index contributed by atoms with van der Waals surface area (Å²) in [5.74, 6) is -1.80. The second-order valence-electron chi connectivity index (χ2n) is 5.34. The van der Waals surface area contributed by atoms with Crippen LogP contribution in [0, 0.1) is 0 Å². The van der Waals surface area contributed by atoms with E-state index in [1.54, 1.807) is 6.20 Å². The Hall–Kier alpha value is -2.51. The number of benzene rings is 1. The molecule has 122 valence electrons. The third-order valence-corrected chi connectivity index (χ3v) is 3.99. The summed E-state index contributed by atoms with van der Waals surface area (Å²) in [6.45, 7) is 0.556. The zero-order valence-electron chi connectivity index (χ0n) is 12.1. The zero-order chi connectivity index (χ0) is 16.6. The maximum absolute atomic E-state index is 12.5. The molecule has 1 amide bonds. The Morgan fingerprint density at radius 2 is 1.87 bits per heavy atom. The van der Waals surface area contributed by atoms with Gasteiger partial charge in [0.25, 0.3) is 0 Å². The predicted octanol–water partition coefficient (Wildman–Crippen LogP) is 2.19. The number of aromatic amines is 1. The number of aldehydes is 1.